The molecule has 0 bridgehead atoms. The second-order valence-electron chi connectivity index (χ2n) is 8.30. The van der Waals surface area contributed by atoms with Crippen molar-refractivity contribution in [3.05, 3.63) is 107 Å². The fourth-order valence-corrected chi connectivity index (χ4v) is 3.29. The number of hydrogen-bond donors (Lipinski definition) is 4. The van der Waals surface area contributed by atoms with E-state index >= 15 is 0 Å². The summed E-state index contributed by atoms with van der Waals surface area (Å²) in [5, 5.41) is 15.5. The highest BCUT2D eigenvalue weighted by Gasteiger charge is 2.14. The first-order valence-corrected chi connectivity index (χ1v) is 10.9. The lowest BCUT2D eigenvalue weighted by Crippen LogP contribution is -2.13. The van der Waals surface area contributed by atoms with Crippen LogP contribution in [-0.4, -0.2) is 5.71 Å². The first-order valence-electron chi connectivity index (χ1n) is 10.9. The molecule has 0 aliphatic carbocycles. The van der Waals surface area contributed by atoms with Crippen molar-refractivity contribution < 1.29 is 0 Å². The Hall–Kier alpha value is -3.53. The fourth-order valence-electron chi connectivity index (χ4n) is 3.29. The number of allylic oxidation sites excluding steroid dienone is 5. The van der Waals surface area contributed by atoms with Crippen LogP contribution < -0.4 is 16.4 Å². The maximum absolute atomic E-state index is 8.87. The Kier molecular flexibility index (Phi) is 9.08. The lowest BCUT2D eigenvalue weighted by Gasteiger charge is -2.18. The number of nitrogen functional groups attached to an aromatic ring is 1. The second kappa shape index (κ2) is 11.8. The number of aryl methyl sites for hydroxylation is 1. The zero-order valence-corrected chi connectivity index (χ0v) is 19.8. The van der Waals surface area contributed by atoms with Gasteiger partial charge < -0.3 is 16.4 Å². The molecular weight excluding hydrogens is 392 g/mol. The van der Waals surface area contributed by atoms with Crippen molar-refractivity contribution in [1.29, 1.82) is 5.41 Å². The minimum Gasteiger partial charge on any atom is -0.398 e. The molecule has 4 nitrogen and oxygen atoms in total. The van der Waals surface area contributed by atoms with Gasteiger partial charge in [-0.05, 0) is 49.2 Å². The highest BCUT2D eigenvalue weighted by Crippen LogP contribution is 2.27. The van der Waals surface area contributed by atoms with Gasteiger partial charge in [-0.3, -0.25) is 5.41 Å². The highest BCUT2D eigenvalue weighted by molar-refractivity contribution is 6.15. The topological polar surface area (TPSA) is 73.9 Å². The smallest absolute Gasteiger partial charge is 0.0705 e. The van der Waals surface area contributed by atoms with E-state index in [2.05, 4.69) is 75.8 Å². The van der Waals surface area contributed by atoms with Gasteiger partial charge in [0, 0.05) is 35.6 Å². The third kappa shape index (κ3) is 6.74. The van der Waals surface area contributed by atoms with Gasteiger partial charge in [-0.1, -0.05) is 80.6 Å². The van der Waals surface area contributed by atoms with Gasteiger partial charge in [0.15, 0.2) is 0 Å². The van der Waals surface area contributed by atoms with E-state index in [1.54, 1.807) is 12.3 Å². The van der Waals surface area contributed by atoms with Gasteiger partial charge in [-0.15, -0.1) is 0 Å². The molecular formula is C28H36N4. The lowest BCUT2D eigenvalue weighted by molar-refractivity contribution is 0.769. The summed E-state index contributed by atoms with van der Waals surface area (Å²) >= 11 is 0. The zero-order chi connectivity index (χ0) is 23.7. The molecule has 168 valence electrons. The summed E-state index contributed by atoms with van der Waals surface area (Å²) in [6, 6.07) is 12.3. The van der Waals surface area contributed by atoms with E-state index in [1.165, 1.54) is 16.7 Å². The Labute approximate surface area is 193 Å². The van der Waals surface area contributed by atoms with Crippen LogP contribution in [0.3, 0.4) is 0 Å². The normalized spacial score (nSPS) is 11.9. The molecule has 0 saturated heterocycles. The monoisotopic (exact) mass is 428 g/mol. The summed E-state index contributed by atoms with van der Waals surface area (Å²) in [4.78, 5) is 0. The highest BCUT2D eigenvalue weighted by atomic mass is 14.9. The molecule has 32 heavy (non-hydrogen) atoms. The fraction of sp³-hybridized carbons (Fsp3) is 0.250. The van der Waals surface area contributed by atoms with Crippen LogP contribution in [0.25, 0.3) is 0 Å². The van der Waals surface area contributed by atoms with Gasteiger partial charge in [0.25, 0.3) is 0 Å². The van der Waals surface area contributed by atoms with E-state index in [9.17, 15) is 0 Å². The zero-order valence-electron chi connectivity index (χ0n) is 19.8. The Morgan fingerprint density at radius 2 is 1.91 bits per heavy atom. The van der Waals surface area contributed by atoms with Crippen molar-refractivity contribution in [2.75, 3.05) is 11.1 Å². The van der Waals surface area contributed by atoms with Crippen LogP contribution in [0, 0.1) is 18.3 Å². The van der Waals surface area contributed by atoms with Crippen LogP contribution >= 0.6 is 0 Å². The molecule has 0 amide bonds. The van der Waals surface area contributed by atoms with Crippen molar-refractivity contribution in [3.63, 3.8) is 0 Å². The molecule has 0 spiro atoms. The van der Waals surface area contributed by atoms with Gasteiger partial charge >= 0.3 is 0 Å². The number of nitrogens with two attached hydrogens (primary N) is 1. The van der Waals surface area contributed by atoms with Crippen LogP contribution in [0.15, 0.2) is 85.1 Å². The standard InChI is InChI=1S/C28H36N4/c1-7-10-23(14-21(6)19(3)4)28(30)25-15-24(18-31-8-2)27(16-26(25)29)32-17-22-12-9-11-20(5)13-22/h7-16,19,30-32H,1-2,17-18,29H2,3-6H3/b21-14+,23-10+,30-28?. The number of rotatable bonds is 11. The van der Waals surface area contributed by atoms with E-state index < -0.39 is 0 Å². The lowest BCUT2D eigenvalue weighted by atomic mass is 9.94. The number of anilines is 2. The largest absolute Gasteiger partial charge is 0.398 e. The molecule has 5 N–H and O–H groups in total. The minimum absolute atomic E-state index is 0.382. The SMILES string of the molecule is C=C/C=C(\C=C(/C)C(C)C)C(=N)c1cc(CNC=C)c(NCc2cccc(C)c2)cc1N. The molecule has 0 aliphatic heterocycles. The van der Waals surface area contributed by atoms with Gasteiger partial charge in [0.1, 0.15) is 0 Å². The van der Waals surface area contributed by atoms with E-state index in [1.807, 2.05) is 24.3 Å². The number of hydrogen-bond acceptors (Lipinski definition) is 4. The molecule has 2 rings (SSSR count). The molecule has 0 saturated carbocycles. The summed E-state index contributed by atoms with van der Waals surface area (Å²) < 4.78 is 0. The third-order valence-electron chi connectivity index (χ3n) is 5.43. The van der Waals surface area contributed by atoms with E-state index in [4.69, 9.17) is 11.1 Å². The molecule has 2 aromatic rings. The summed E-state index contributed by atoms with van der Waals surface area (Å²) in [7, 11) is 0. The van der Waals surface area contributed by atoms with Gasteiger partial charge in [-0.2, -0.15) is 0 Å². The van der Waals surface area contributed by atoms with Gasteiger partial charge in [0.05, 0.1) is 5.71 Å². The molecule has 4 heteroatoms. The average molecular weight is 429 g/mol. The van der Waals surface area contributed by atoms with Crippen molar-refractivity contribution in [2.45, 2.75) is 40.8 Å². The van der Waals surface area contributed by atoms with Crippen LogP contribution in [0.4, 0.5) is 11.4 Å². The molecule has 0 fully saturated rings. The van der Waals surface area contributed by atoms with E-state index in [-0.39, 0.29) is 0 Å². The van der Waals surface area contributed by atoms with Crippen molar-refractivity contribution in [3.8, 4) is 0 Å². The van der Waals surface area contributed by atoms with E-state index in [0.29, 0.717) is 36.0 Å². The quantitative estimate of drug-likeness (QED) is 0.187. The molecule has 0 atom stereocenters. The number of nitrogens with one attached hydrogen (secondary N) is 3. The molecule has 2 aromatic carbocycles. The first kappa shape index (κ1) is 24.7. The molecule has 0 aromatic heterocycles. The summed E-state index contributed by atoms with van der Waals surface area (Å²) in [5.41, 5.74) is 14.5. The molecule has 0 unspecified atom stereocenters. The van der Waals surface area contributed by atoms with Crippen molar-refractivity contribution >= 4 is 17.1 Å². The van der Waals surface area contributed by atoms with Gasteiger partial charge in [-0.25, -0.2) is 0 Å². The van der Waals surface area contributed by atoms with Crippen LogP contribution in [-0.2, 0) is 13.1 Å². The number of benzene rings is 2. The molecule has 0 heterocycles. The van der Waals surface area contributed by atoms with Crippen molar-refractivity contribution in [2.24, 2.45) is 5.92 Å². The minimum atomic E-state index is 0.382. The van der Waals surface area contributed by atoms with Crippen LogP contribution in [0.1, 0.15) is 43.0 Å². The average Bonchev–Trinajstić information content (AvgIpc) is 2.76. The van der Waals surface area contributed by atoms with Crippen LogP contribution in [0.2, 0.25) is 0 Å². The summed E-state index contributed by atoms with van der Waals surface area (Å²) in [6.45, 7) is 17.3. The Morgan fingerprint density at radius 1 is 1.16 bits per heavy atom. The maximum atomic E-state index is 8.87. The van der Waals surface area contributed by atoms with Crippen molar-refractivity contribution in [1.82, 2.24) is 5.32 Å². The third-order valence-corrected chi connectivity index (χ3v) is 5.43. The Balaban J connectivity index is 2.42. The first-order chi connectivity index (χ1) is 15.3. The van der Waals surface area contributed by atoms with Crippen LogP contribution in [0.5, 0.6) is 0 Å². The maximum Gasteiger partial charge on any atom is 0.0705 e. The summed E-state index contributed by atoms with van der Waals surface area (Å²) in [6.07, 6.45) is 7.28. The predicted molar refractivity (Wildman–Crippen MR) is 140 cm³/mol. The molecule has 0 radical (unpaired) electrons. The van der Waals surface area contributed by atoms with E-state index in [0.717, 1.165) is 16.8 Å². The summed E-state index contributed by atoms with van der Waals surface area (Å²) in [5.74, 6) is 0.397. The van der Waals surface area contributed by atoms with Gasteiger partial charge in [0.2, 0.25) is 0 Å². The predicted octanol–water partition coefficient (Wildman–Crippen LogP) is 6.50. The molecule has 0 aliphatic rings. The Morgan fingerprint density at radius 3 is 2.53 bits per heavy atom. The Bertz CT molecular complexity index is 1040. The second-order valence-corrected chi connectivity index (χ2v) is 8.30.